The van der Waals surface area contributed by atoms with Crippen LogP contribution in [0.3, 0.4) is 0 Å². The SMILES string of the molecule is COC(=O)c1cccc(Nc2nncc(NC3CCS(=O)(=O)C3)n2)c1. The first kappa shape index (κ1) is 17.1. The van der Waals surface area contributed by atoms with E-state index in [1.807, 2.05) is 0 Å². The summed E-state index contributed by atoms with van der Waals surface area (Å²) in [7, 11) is -1.66. The lowest BCUT2D eigenvalue weighted by atomic mass is 10.2. The average Bonchev–Trinajstić information content (AvgIpc) is 2.93. The first-order valence-electron chi connectivity index (χ1n) is 7.57. The van der Waals surface area contributed by atoms with Gasteiger partial charge in [-0.15, -0.1) is 5.10 Å². The molecule has 9 nitrogen and oxygen atoms in total. The molecule has 1 fully saturated rings. The summed E-state index contributed by atoms with van der Waals surface area (Å²) in [6.45, 7) is 0. The summed E-state index contributed by atoms with van der Waals surface area (Å²) in [5, 5.41) is 13.7. The lowest BCUT2D eigenvalue weighted by Gasteiger charge is -2.12. The number of carbonyl (C=O) groups is 1. The number of aromatic nitrogens is 3. The highest BCUT2D eigenvalue weighted by molar-refractivity contribution is 7.91. The van der Waals surface area contributed by atoms with E-state index in [-0.39, 0.29) is 23.5 Å². The van der Waals surface area contributed by atoms with Crippen LogP contribution in [0, 0.1) is 0 Å². The van der Waals surface area contributed by atoms with Crippen molar-refractivity contribution in [1.29, 1.82) is 0 Å². The summed E-state index contributed by atoms with van der Waals surface area (Å²) in [5.41, 5.74) is 0.996. The summed E-state index contributed by atoms with van der Waals surface area (Å²) in [6.07, 6.45) is 1.97. The molecule has 0 aliphatic carbocycles. The van der Waals surface area contributed by atoms with Crippen molar-refractivity contribution < 1.29 is 17.9 Å². The van der Waals surface area contributed by atoms with Gasteiger partial charge >= 0.3 is 5.97 Å². The van der Waals surface area contributed by atoms with E-state index in [4.69, 9.17) is 0 Å². The minimum absolute atomic E-state index is 0.0843. The third-order valence-electron chi connectivity index (χ3n) is 3.68. The van der Waals surface area contributed by atoms with E-state index in [2.05, 4.69) is 30.6 Å². The van der Waals surface area contributed by atoms with Gasteiger partial charge in [-0.1, -0.05) is 6.07 Å². The molecule has 1 aliphatic heterocycles. The van der Waals surface area contributed by atoms with E-state index in [0.717, 1.165) is 0 Å². The summed E-state index contributed by atoms with van der Waals surface area (Å²) in [4.78, 5) is 15.8. The number of benzene rings is 1. The van der Waals surface area contributed by atoms with Gasteiger partial charge in [-0.3, -0.25) is 0 Å². The first-order chi connectivity index (χ1) is 11.9. The van der Waals surface area contributed by atoms with Gasteiger partial charge in [-0.05, 0) is 24.6 Å². The topological polar surface area (TPSA) is 123 Å². The van der Waals surface area contributed by atoms with E-state index in [9.17, 15) is 13.2 Å². The van der Waals surface area contributed by atoms with Crippen LogP contribution >= 0.6 is 0 Å². The zero-order valence-electron chi connectivity index (χ0n) is 13.5. The smallest absolute Gasteiger partial charge is 0.337 e. The highest BCUT2D eigenvalue weighted by Gasteiger charge is 2.28. The lowest BCUT2D eigenvalue weighted by molar-refractivity contribution is 0.0601. The number of carbonyl (C=O) groups excluding carboxylic acids is 1. The molecule has 0 bridgehead atoms. The van der Waals surface area contributed by atoms with E-state index in [0.29, 0.717) is 23.5 Å². The van der Waals surface area contributed by atoms with E-state index >= 15 is 0 Å². The first-order valence-corrected chi connectivity index (χ1v) is 9.39. The largest absolute Gasteiger partial charge is 0.465 e. The molecule has 1 atom stereocenters. The Hall–Kier alpha value is -2.75. The van der Waals surface area contributed by atoms with Crippen LogP contribution in [0.4, 0.5) is 17.5 Å². The third-order valence-corrected chi connectivity index (χ3v) is 5.45. The van der Waals surface area contributed by atoms with Gasteiger partial charge in [0.2, 0.25) is 5.95 Å². The molecule has 2 N–H and O–H groups in total. The predicted molar refractivity (Wildman–Crippen MR) is 91.6 cm³/mol. The minimum Gasteiger partial charge on any atom is -0.465 e. The van der Waals surface area contributed by atoms with Crippen molar-refractivity contribution in [3.05, 3.63) is 36.0 Å². The highest BCUT2D eigenvalue weighted by atomic mass is 32.2. The Bertz CT molecular complexity index is 887. The number of methoxy groups -OCH3 is 1. The molecule has 1 saturated heterocycles. The maximum absolute atomic E-state index is 11.6. The number of ether oxygens (including phenoxy) is 1. The van der Waals surface area contributed by atoms with Crippen LogP contribution < -0.4 is 10.6 Å². The van der Waals surface area contributed by atoms with Crippen LogP contribution in [0.25, 0.3) is 0 Å². The minimum atomic E-state index is -2.98. The van der Waals surface area contributed by atoms with Gasteiger partial charge in [-0.2, -0.15) is 10.1 Å². The standard InChI is InChI=1S/C15H17N5O4S/c1-24-14(21)10-3-2-4-11(7-10)18-15-19-13(8-16-20-15)17-12-5-6-25(22,23)9-12/h2-4,7-8,12H,5-6,9H2,1H3,(H2,17,18,19,20). The van der Waals surface area contributed by atoms with Crippen molar-refractivity contribution in [2.45, 2.75) is 12.5 Å². The predicted octanol–water partition coefficient (Wildman–Crippen LogP) is 1.00. The van der Waals surface area contributed by atoms with Crippen LogP contribution in [0.5, 0.6) is 0 Å². The van der Waals surface area contributed by atoms with Crippen molar-refractivity contribution >= 4 is 33.3 Å². The number of nitrogens with one attached hydrogen (secondary N) is 2. The Labute approximate surface area is 144 Å². The number of sulfone groups is 1. The van der Waals surface area contributed by atoms with Gasteiger partial charge in [0.25, 0.3) is 0 Å². The number of anilines is 3. The molecular weight excluding hydrogens is 346 g/mol. The Morgan fingerprint density at radius 2 is 2.20 bits per heavy atom. The fourth-order valence-electron chi connectivity index (χ4n) is 2.51. The van der Waals surface area contributed by atoms with Crippen LogP contribution in [0.1, 0.15) is 16.8 Å². The number of nitrogens with zero attached hydrogens (tertiary/aromatic N) is 3. The normalized spacial score (nSPS) is 18.5. The number of rotatable bonds is 5. The van der Waals surface area contributed by atoms with Crippen molar-refractivity contribution in [3.63, 3.8) is 0 Å². The molecule has 3 rings (SSSR count). The van der Waals surface area contributed by atoms with Crippen molar-refractivity contribution in [1.82, 2.24) is 15.2 Å². The van der Waals surface area contributed by atoms with Gasteiger partial charge in [0, 0.05) is 11.7 Å². The van der Waals surface area contributed by atoms with Crippen LogP contribution in [0.15, 0.2) is 30.5 Å². The summed E-state index contributed by atoms with van der Waals surface area (Å²) < 4.78 is 27.7. The summed E-state index contributed by atoms with van der Waals surface area (Å²) in [5.74, 6) is 0.479. The van der Waals surface area contributed by atoms with Crippen LogP contribution in [0.2, 0.25) is 0 Å². The van der Waals surface area contributed by atoms with E-state index < -0.39 is 15.8 Å². The Morgan fingerprint density at radius 1 is 1.36 bits per heavy atom. The molecular formula is C15H17N5O4S. The molecule has 0 radical (unpaired) electrons. The quantitative estimate of drug-likeness (QED) is 0.749. The Kier molecular flexibility index (Phi) is 4.79. The fourth-order valence-corrected chi connectivity index (χ4v) is 4.19. The number of esters is 1. The second-order valence-electron chi connectivity index (χ2n) is 5.61. The van der Waals surface area contributed by atoms with Gasteiger partial charge in [0.15, 0.2) is 15.7 Å². The van der Waals surface area contributed by atoms with Gasteiger partial charge in [0.1, 0.15) is 0 Å². The van der Waals surface area contributed by atoms with Crippen molar-refractivity contribution in [2.75, 3.05) is 29.2 Å². The molecule has 1 unspecified atom stereocenters. The molecule has 2 aromatic rings. The molecule has 1 aromatic heterocycles. The molecule has 1 aromatic carbocycles. The van der Waals surface area contributed by atoms with Crippen LogP contribution in [-0.2, 0) is 14.6 Å². The maximum atomic E-state index is 11.6. The summed E-state index contributed by atoms with van der Waals surface area (Å²) in [6, 6.07) is 6.51. The Morgan fingerprint density at radius 3 is 2.92 bits per heavy atom. The zero-order valence-corrected chi connectivity index (χ0v) is 14.3. The molecule has 132 valence electrons. The van der Waals surface area contributed by atoms with E-state index in [1.54, 1.807) is 24.3 Å². The van der Waals surface area contributed by atoms with E-state index in [1.165, 1.54) is 13.3 Å². The monoisotopic (exact) mass is 363 g/mol. The van der Waals surface area contributed by atoms with Crippen molar-refractivity contribution in [3.8, 4) is 0 Å². The summed E-state index contributed by atoms with van der Waals surface area (Å²) >= 11 is 0. The third kappa shape index (κ3) is 4.41. The van der Waals surface area contributed by atoms with Gasteiger partial charge in [0.05, 0.1) is 30.4 Å². The molecule has 0 amide bonds. The molecule has 2 heterocycles. The Balaban J connectivity index is 1.71. The van der Waals surface area contributed by atoms with Crippen molar-refractivity contribution in [2.24, 2.45) is 0 Å². The second-order valence-corrected chi connectivity index (χ2v) is 7.84. The van der Waals surface area contributed by atoms with Gasteiger partial charge in [-0.25, -0.2) is 13.2 Å². The molecule has 10 heteroatoms. The number of hydrogen-bond acceptors (Lipinski definition) is 9. The maximum Gasteiger partial charge on any atom is 0.337 e. The van der Waals surface area contributed by atoms with Crippen LogP contribution in [-0.4, -0.2) is 54.2 Å². The molecule has 0 saturated carbocycles. The zero-order chi connectivity index (χ0) is 17.9. The second kappa shape index (κ2) is 7.01. The average molecular weight is 363 g/mol. The highest BCUT2D eigenvalue weighted by Crippen LogP contribution is 2.18. The molecule has 1 aliphatic rings. The molecule has 25 heavy (non-hydrogen) atoms. The molecule has 0 spiro atoms. The lowest BCUT2D eigenvalue weighted by Crippen LogP contribution is -2.21. The fraction of sp³-hybridized carbons (Fsp3) is 0.333. The number of hydrogen-bond donors (Lipinski definition) is 2. The van der Waals surface area contributed by atoms with Gasteiger partial charge < -0.3 is 15.4 Å².